The maximum Gasteiger partial charge on any atom is 0.117 e. The van der Waals surface area contributed by atoms with Crippen LogP contribution in [-0.4, -0.2) is 14.1 Å². The van der Waals surface area contributed by atoms with Crippen molar-refractivity contribution in [3.05, 3.63) is 15.3 Å². The van der Waals surface area contributed by atoms with Crippen LogP contribution >= 0.6 is 22.9 Å². The predicted molar refractivity (Wildman–Crippen MR) is 51.5 cm³/mol. The Morgan fingerprint density at radius 2 is 2.27 bits per heavy atom. The van der Waals surface area contributed by atoms with E-state index in [1.54, 1.807) is 11.3 Å². The molecule has 0 atom stereocenters. The first-order valence-corrected chi connectivity index (χ1v) is 4.50. The third-order valence-electron chi connectivity index (χ3n) is 1.40. The van der Waals surface area contributed by atoms with E-state index in [9.17, 15) is 0 Å². The van der Waals surface area contributed by atoms with Crippen LogP contribution in [0.4, 0.5) is 5.69 Å². The number of rotatable bonds is 2. The van der Waals surface area contributed by atoms with E-state index >= 15 is 0 Å². The number of nitrogens with zero attached hydrogens (tertiary/aromatic N) is 1. The van der Waals surface area contributed by atoms with Crippen LogP contribution in [0.2, 0.25) is 4.34 Å². The molecule has 0 aliphatic rings. The standard InChI is InChI=1S/C7H11ClN2S/c1-10(2)6-3-5(4-9)11-7(6)8/h3H,4,9H2,1-2H3. The van der Waals surface area contributed by atoms with Gasteiger partial charge in [0.2, 0.25) is 0 Å². The van der Waals surface area contributed by atoms with Gasteiger partial charge in [0.15, 0.2) is 0 Å². The Labute approximate surface area is 75.6 Å². The van der Waals surface area contributed by atoms with Crippen molar-refractivity contribution < 1.29 is 0 Å². The second kappa shape index (κ2) is 3.43. The highest BCUT2D eigenvalue weighted by molar-refractivity contribution is 7.16. The van der Waals surface area contributed by atoms with Gasteiger partial charge in [-0.25, -0.2) is 0 Å². The van der Waals surface area contributed by atoms with E-state index in [0.717, 1.165) is 14.9 Å². The average molecular weight is 191 g/mol. The smallest absolute Gasteiger partial charge is 0.117 e. The molecule has 0 saturated heterocycles. The molecule has 0 radical (unpaired) electrons. The van der Waals surface area contributed by atoms with Crippen LogP contribution in [0.25, 0.3) is 0 Å². The minimum Gasteiger partial charge on any atom is -0.376 e. The molecular formula is C7H11ClN2S. The maximum atomic E-state index is 5.94. The number of hydrogen-bond acceptors (Lipinski definition) is 3. The minimum atomic E-state index is 0.568. The number of thiophene rings is 1. The van der Waals surface area contributed by atoms with E-state index in [2.05, 4.69) is 0 Å². The van der Waals surface area contributed by atoms with Crippen LogP contribution < -0.4 is 10.6 Å². The minimum absolute atomic E-state index is 0.568. The van der Waals surface area contributed by atoms with Crippen molar-refractivity contribution >= 4 is 28.6 Å². The van der Waals surface area contributed by atoms with Crippen molar-refractivity contribution in [2.24, 2.45) is 5.73 Å². The lowest BCUT2D eigenvalue weighted by Crippen LogP contribution is -2.07. The molecule has 0 spiro atoms. The van der Waals surface area contributed by atoms with Crippen molar-refractivity contribution in [3.63, 3.8) is 0 Å². The van der Waals surface area contributed by atoms with E-state index in [1.165, 1.54) is 0 Å². The molecular weight excluding hydrogens is 180 g/mol. The van der Waals surface area contributed by atoms with Gasteiger partial charge in [0, 0.05) is 25.5 Å². The van der Waals surface area contributed by atoms with Crippen molar-refractivity contribution in [1.29, 1.82) is 0 Å². The van der Waals surface area contributed by atoms with Gasteiger partial charge in [-0.3, -0.25) is 0 Å². The molecule has 1 aromatic heterocycles. The van der Waals surface area contributed by atoms with Crippen molar-refractivity contribution in [3.8, 4) is 0 Å². The number of hydrogen-bond donors (Lipinski definition) is 1. The topological polar surface area (TPSA) is 29.3 Å². The van der Waals surface area contributed by atoms with Crippen molar-refractivity contribution in [2.75, 3.05) is 19.0 Å². The highest BCUT2D eigenvalue weighted by Gasteiger charge is 2.06. The summed E-state index contributed by atoms with van der Waals surface area (Å²) in [5.41, 5.74) is 6.52. The highest BCUT2D eigenvalue weighted by Crippen LogP contribution is 2.33. The van der Waals surface area contributed by atoms with Crippen LogP contribution in [-0.2, 0) is 6.54 Å². The fourth-order valence-electron chi connectivity index (χ4n) is 0.812. The third-order valence-corrected chi connectivity index (χ3v) is 2.76. The number of nitrogens with two attached hydrogens (primary N) is 1. The molecule has 0 saturated carbocycles. The quantitative estimate of drug-likeness (QED) is 0.773. The molecule has 2 N–H and O–H groups in total. The second-order valence-electron chi connectivity index (χ2n) is 2.47. The predicted octanol–water partition coefficient (Wildman–Crippen LogP) is 1.93. The zero-order valence-electron chi connectivity index (χ0n) is 6.60. The summed E-state index contributed by atoms with van der Waals surface area (Å²) in [5.74, 6) is 0. The fourth-order valence-corrected chi connectivity index (χ4v) is 2.16. The highest BCUT2D eigenvalue weighted by atomic mass is 35.5. The van der Waals surface area contributed by atoms with Gasteiger partial charge in [-0.15, -0.1) is 11.3 Å². The molecule has 0 amide bonds. The van der Waals surface area contributed by atoms with Crippen molar-refractivity contribution in [2.45, 2.75) is 6.54 Å². The van der Waals surface area contributed by atoms with E-state index in [-0.39, 0.29) is 0 Å². The Kier molecular flexibility index (Phi) is 2.76. The molecule has 0 aromatic carbocycles. The first-order valence-electron chi connectivity index (χ1n) is 3.30. The maximum absolute atomic E-state index is 5.94. The Bertz CT molecular complexity index is 245. The van der Waals surface area contributed by atoms with Crippen LogP contribution in [0.1, 0.15) is 4.88 Å². The van der Waals surface area contributed by atoms with Gasteiger partial charge in [-0.2, -0.15) is 0 Å². The molecule has 62 valence electrons. The van der Waals surface area contributed by atoms with Crippen LogP contribution in [0.3, 0.4) is 0 Å². The molecule has 11 heavy (non-hydrogen) atoms. The van der Waals surface area contributed by atoms with Crippen LogP contribution in [0.15, 0.2) is 6.07 Å². The summed E-state index contributed by atoms with van der Waals surface area (Å²) in [4.78, 5) is 3.11. The van der Waals surface area contributed by atoms with E-state index in [1.807, 2.05) is 25.1 Å². The summed E-state index contributed by atoms with van der Waals surface area (Å²) < 4.78 is 0.815. The molecule has 1 aromatic rings. The second-order valence-corrected chi connectivity index (χ2v) is 4.21. The Hall–Kier alpha value is -0.250. The molecule has 0 fully saturated rings. The Morgan fingerprint density at radius 1 is 1.64 bits per heavy atom. The van der Waals surface area contributed by atoms with E-state index in [4.69, 9.17) is 17.3 Å². The van der Waals surface area contributed by atoms with Gasteiger partial charge in [-0.1, -0.05) is 11.6 Å². The molecule has 1 rings (SSSR count). The lowest BCUT2D eigenvalue weighted by atomic mass is 10.4. The van der Waals surface area contributed by atoms with Gasteiger partial charge in [0.1, 0.15) is 4.34 Å². The molecule has 1 heterocycles. The summed E-state index contributed by atoms with van der Waals surface area (Å²) in [6, 6.07) is 2.02. The van der Waals surface area contributed by atoms with E-state index in [0.29, 0.717) is 6.54 Å². The summed E-state index contributed by atoms with van der Waals surface area (Å²) in [7, 11) is 3.93. The van der Waals surface area contributed by atoms with Gasteiger partial charge < -0.3 is 10.6 Å². The first kappa shape index (κ1) is 8.84. The van der Waals surface area contributed by atoms with Crippen molar-refractivity contribution in [1.82, 2.24) is 0 Å². The summed E-state index contributed by atoms with van der Waals surface area (Å²) >= 11 is 7.48. The van der Waals surface area contributed by atoms with Gasteiger partial charge in [0.25, 0.3) is 0 Å². The zero-order valence-corrected chi connectivity index (χ0v) is 8.17. The summed E-state index contributed by atoms with van der Waals surface area (Å²) in [5, 5.41) is 0. The number of halogens is 1. The van der Waals surface area contributed by atoms with Crippen LogP contribution in [0, 0.1) is 0 Å². The Balaban J connectivity index is 2.97. The zero-order chi connectivity index (χ0) is 8.43. The van der Waals surface area contributed by atoms with Gasteiger partial charge >= 0.3 is 0 Å². The molecule has 0 aliphatic carbocycles. The van der Waals surface area contributed by atoms with Gasteiger partial charge in [0.05, 0.1) is 5.69 Å². The third kappa shape index (κ3) is 1.86. The van der Waals surface area contributed by atoms with Gasteiger partial charge in [-0.05, 0) is 6.07 Å². The average Bonchev–Trinajstić information content (AvgIpc) is 2.30. The molecule has 0 bridgehead atoms. The fraction of sp³-hybridized carbons (Fsp3) is 0.429. The van der Waals surface area contributed by atoms with Crippen LogP contribution in [0.5, 0.6) is 0 Å². The number of anilines is 1. The largest absolute Gasteiger partial charge is 0.376 e. The van der Waals surface area contributed by atoms with E-state index < -0.39 is 0 Å². The SMILES string of the molecule is CN(C)c1cc(CN)sc1Cl. The molecule has 0 aliphatic heterocycles. The Morgan fingerprint density at radius 3 is 2.55 bits per heavy atom. The normalized spacial score (nSPS) is 10.2. The molecule has 4 heteroatoms. The summed E-state index contributed by atoms with van der Waals surface area (Å²) in [6.07, 6.45) is 0. The molecule has 0 unspecified atom stereocenters. The summed E-state index contributed by atoms with van der Waals surface area (Å²) in [6.45, 7) is 0.568. The lowest BCUT2D eigenvalue weighted by molar-refractivity contribution is 1.09. The monoisotopic (exact) mass is 190 g/mol. The molecule has 2 nitrogen and oxygen atoms in total. The lowest BCUT2D eigenvalue weighted by Gasteiger charge is -2.09. The first-order chi connectivity index (χ1) is 5.15.